The third kappa shape index (κ3) is 6.19. The lowest BCUT2D eigenvalue weighted by Gasteiger charge is -2.50. The van der Waals surface area contributed by atoms with E-state index in [0.717, 1.165) is 11.8 Å². The Labute approximate surface area is 399 Å². The van der Waals surface area contributed by atoms with Crippen LogP contribution in [-0.4, -0.2) is 6.71 Å². The zero-order chi connectivity index (χ0) is 45.4. The molecule has 8 aromatic carbocycles. The Hall–Kier alpha value is -6.18. The van der Waals surface area contributed by atoms with Crippen molar-refractivity contribution in [1.82, 2.24) is 0 Å². The average molecular weight is 865 g/mol. The molecule has 1 spiro atoms. The number of aryl methyl sites for hydroxylation is 6. The van der Waals surface area contributed by atoms with Crippen LogP contribution < -0.4 is 16.4 Å². The highest BCUT2D eigenvalue weighted by atomic mass is 14.8. The third-order valence-corrected chi connectivity index (χ3v) is 18.5. The molecule has 4 fully saturated rings. The molecule has 13 rings (SSSR count). The summed E-state index contributed by atoms with van der Waals surface area (Å²) in [5, 5.41) is 0. The fraction of sp³-hybridized carbons (Fsp3) is 0.273. The maximum Gasteiger partial charge on any atom is 0.242 e. The maximum atomic E-state index is 2.56. The Balaban J connectivity index is 0.805. The molecule has 5 aliphatic carbocycles. The highest BCUT2D eigenvalue weighted by molar-refractivity contribution is 6.96. The van der Waals surface area contributed by atoms with Gasteiger partial charge in [0.25, 0.3) is 0 Å². The molecule has 8 aromatic rings. The number of hydrogen-bond donors (Lipinski definition) is 0. The van der Waals surface area contributed by atoms with Crippen LogP contribution in [0.25, 0.3) is 33.4 Å². The Morgan fingerprint density at radius 3 is 1.42 bits per heavy atom. The SMILES string of the molecule is Cc1cc(C)c(B(c2cccc(-c3cccc(-c4ccc(C56CC7CC8CC(c9ccc(C%10c%11ccccc%11-c%11ccccc%11%10)cc9)(C5)CC78C6)cc4)c3)c2)c2c(C)cc(C)cc2C)c(C)c1. The van der Waals surface area contributed by atoms with E-state index in [0.29, 0.717) is 11.3 Å². The number of benzene rings is 8. The molecule has 67 heavy (non-hydrogen) atoms. The fourth-order valence-corrected chi connectivity index (χ4v) is 16.2. The quantitative estimate of drug-likeness (QED) is 0.134. The second-order valence-corrected chi connectivity index (χ2v) is 22.4. The van der Waals surface area contributed by atoms with Crippen LogP contribution in [0.4, 0.5) is 0 Å². The van der Waals surface area contributed by atoms with E-state index in [1.807, 2.05) is 0 Å². The van der Waals surface area contributed by atoms with Crippen molar-refractivity contribution in [2.75, 3.05) is 0 Å². The molecule has 0 N–H and O–H groups in total. The Morgan fingerprint density at radius 2 is 0.881 bits per heavy atom. The van der Waals surface area contributed by atoms with Crippen molar-refractivity contribution in [2.45, 2.75) is 96.8 Å². The Morgan fingerprint density at radius 1 is 0.418 bits per heavy atom. The van der Waals surface area contributed by atoms with Gasteiger partial charge in [0.2, 0.25) is 6.71 Å². The second kappa shape index (κ2) is 14.9. The van der Waals surface area contributed by atoms with Gasteiger partial charge in [-0.2, -0.15) is 0 Å². The zero-order valence-electron chi connectivity index (χ0n) is 40.2. The van der Waals surface area contributed by atoms with Gasteiger partial charge < -0.3 is 0 Å². The average Bonchev–Trinajstić information content (AvgIpc) is 3.83. The molecular weight excluding hydrogens is 804 g/mol. The van der Waals surface area contributed by atoms with Crippen molar-refractivity contribution in [1.29, 1.82) is 0 Å². The molecule has 0 amide bonds. The number of rotatable bonds is 8. The summed E-state index contributed by atoms with van der Waals surface area (Å²) in [6.45, 7) is 13.8. The zero-order valence-corrected chi connectivity index (χ0v) is 40.2. The second-order valence-electron chi connectivity index (χ2n) is 22.4. The summed E-state index contributed by atoms with van der Waals surface area (Å²) < 4.78 is 0. The summed E-state index contributed by atoms with van der Waals surface area (Å²) in [5.74, 6) is 2.08. The minimum atomic E-state index is 0.152. The van der Waals surface area contributed by atoms with Gasteiger partial charge in [0.1, 0.15) is 0 Å². The van der Waals surface area contributed by atoms with Crippen molar-refractivity contribution in [3.05, 3.63) is 231 Å². The molecule has 5 unspecified atom stereocenters. The normalized spacial score (nSPS) is 24.0. The van der Waals surface area contributed by atoms with Crippen LogP contribution in [0.3, 0.4) is 0 Å². The Kier molecular flexibility index (Phi) is 9.14. The van der Waals surface area contributed by atoms with E-state index in [2.05, 4.69) is 211 Å². The first-order valence-corrected chi connectivity index (χ1v) is 25.3. The van der Waals surface area contributed by atoms with Gasteiger partial charge in [0.05, 0.1) is 0 Å². The molecule has 0 radical (unpaired) electrons. The molecular formula is C66H61B. The van der Waals surface area contributed by atoms with Gasteiger partial charge in [-0.3, -0.25) is 0 Å². The standard InChI is InChI=1S/C66H61B/c1-41-29-43(3)62(44(4)30-41)67(63-45(5)31-42(2)32-46(63)6)56-16-12-15-51(34-56)50-14-11-13-49(33-50)47-21-25-52(26-22-47)64-36-54-35-55-37-65(38-64,40-66(54,55)39-64)53-27-23-48(24-28-53)61-59-19-9-7-17-57(59)58-18-8-10-20-60(58)61/h7-34,54-55,61H,35-40H2,1-6H3. The van der Waals surface area contributed by atoms with Gasteiger partial charge in [-0.05, 0) is 175 Å². The molecule has 5 aliphatic rings. The summed E-state index contributed by atoms with van der Waals surface area (Å²) in [4.78, 5) is 0. The van der Waals surface area contributed by atoms with Gasteiger partial charge in [0, 0.05) is 5.92 Å². The molecule has 0 aromatic heterocycles. The van der Waals surface area contributed by atoms with E-state index in [9.17, 15) is 0 Å². The predicted octanol–water partition coefficient (Wildman–Crippen LogP) is 14.3. The molecule has 328 valence electrons. The lowest BCUT2D eigenvalue weighted by Crippen LogP contribution is -2.55. The van der Waals surface area contributed by atoms with Crippen molar-refractivity contribution in [3.8, 4) is 33.4 Å². The maximum absolute atomic E-state index is 2.56. The molecule has 0 saturated heterocycles. The minimum absolute atomic E-state index is 0.152. The van der Waals surface area contributed by atoms with E-state index < -0.39 is 0 Å². The van der Waals surface area contributed by atoms with E-state index in [-0.39, 0.29) is 17.5 Å². The predicted molar refractivity (Wildman–Crippen MR) is 283 cm³/mol. The highest BCUT2D eigenvalue weighted by Gasteiger charge is 2.75. The molecule has 3 bridgehead atoms. The van der Waals surface area contributed by atoms with Crippen LogP contribution >= 0.6 is 0 Å². The number of hydrogen-bond acceptors (Lipinski definition) is 0. The summed E-state index contributed by atoms with van der Waals surface area (Å²) in [6.07, 6.45) is 8.26. The number of fused-ring (bicyclic) bond motifs is 5. The summed E-state index contributed by atoms with van der Waals surface area (Å²) in [6, 6.07) is 66.4. The van der Waals surface area contributed by atoms with Crippen molar-refractivity contribution >= 4 is 23.1 Å². The molecule has 0 heterocycles. The van der Waals surface area contributed by atoms with Crippen molar-refractivity contribution in [2.24, 2.45) is 17.3 Å². The van der Waals surface area contributed by atoms with E-state index in [4.69, 9.17) is 0 Å². The van der Waals surface area contributed by atoms with Crippen LogP contribution in [-0.2, 0) is 10.8 Å². The van der Waals surface area contributed by atoms with Gasteiger partial charge in [0.15, 0.2) is 0 Å². The topological polar surface area (TPSA) is 0 Å². The third-order valence-electron chi connectivity index (χ3n) is 18.5. The summed E-state index contributed by atoms with van der Waals surface area (Å²) >= 11 is 0. The first-order valence-electron chi connectivity index (χ1n) is 25.3. The Bertz CT molecular complexity index is 3150. The first kappa shape index (κ1) is 41.0. The molecule has 0 aliphatic heterocycles. The monoisotopic (exact) mass is 864 g/mol. The molecule has 5 atom stereocenters. The molecule has 4 saturated carbocycles. The van der Waals surface area contributed by atoms with Crippen LogP contribution in [0.15, 0.2) is 170 Å². The highest BCUT2D eigenvalue weighted by Crippen LogP contribution is 2.82. The van der Waals surface area contributed by atoms with E-state index >= 15 is 0 Å². The molecule has 1 heteroatoms. The van der Waals surface area contributed by atoms with E-state index in [1.165, 1.54) is 138 Å². The summed E-state index contributed by atoms with van der Waals surface area (Å²) in [7, 11) is 0. The lowest BCUT2D eigenvalue weighted by molar-refractivity contribution is -0.00114. The van der Waals surface area contributed by atoms with Crippen LogP contribution in [0.2, 0.25) is 0 Å². The van der Waals surface area contributed by atoms with Crippen LogP contribution in [0.5, 0.6) is 0 Å². The van der Waals surface area contributed by atoms with E-state index in [1.54, 1.807) is 11.1 Å². The van der Waals surface area contributed by atoms with Crippen LogP contribution in [0.1, 0.15) is 106 Å². The lowest BCUT2D eigenvalue weighted by atomic mass is 9.34. The first-order chi connectivity index (χ1) is 32.5. The summed E-state index contributed by atoms with van der Waals surface area (Å²) in [5.41, 5.74) is 28.9. The molecule has 0 nitrogen and oxygen atoms in total. The van der Waals surface area contributed by atoms with Gasteiger partial charge in [-0.25, -0.2) is 0 Å². The minimum Gasteiger partial charge on any atom is -0.0680 e. The van der Waals surface area contributed by atoms with Gasteiger partial charge in [-0.15, -0.1) is 0 Å². The fourth-order valence-electron chi connectivity index (χ4n) is 16.2. The largest absolute Gasteiger partial charge is 0.242 e. The van der Waals surface area contributed by atoms with Crippen LogP contribution in [0, 0.1) is 58.8 Å². The van der Waals surface area contributed by atoms with Crippen molar-refractivity contribution < 1.29 is 0 Å². The smallest absolute Gasteiger partial charge is 0.0680 e. The van der Waals surface area contributed by atoms with Gasteiger partial charge >= 0.3 is 0 Å². The van der Waals surface area contributed by atoms with Crippen molar-refractivity contribution in [3.63, 3.8) is 0 Å². The van der Waals surface area contributed by atoms with Gasteiger partial charge in [-0.1, -0.05) is 214 Å².